The molecule has 0 saturated carbocycles. The molecule has 0 unspecified atom stereocenters. The van der Waals surface area contributed by atoms with E-state index in [1.165, 1.54) is 6.92 Å². The molecule has 0 heterocycles. The Kier molecular flexibility index (Phi) is 6.74. The fourth-order valence-corrected chi connectivity index (χ4v) is 2.34. The number of aryl methyl sites for hydroxylation is 2. The number of carbonyl (C=O) groups excluding carboxylic acids is 2. The lowest BCUT2D eigenvalue weighted by Gasteiger charge is -2.10. The highest BCUT2D eigenvalue weighted by molar-refractivity contribution is 6.31. The summed E-state index contributed by atoms with van der Waals surface area (Å²) in [5, 5.41) is 9.44. The molecule has 2 aromatic carbocycles. The third-order valence-corrected chi connectivity index (χ3v) is 3.73. The van der Waals surface area contributed by atoms with E-state index < -0.39 is 17.9 Å². The first-order valence-corrected chi connectivity index (χ1v) is 8.37. The van der Waals surface area contributed by atoms with Crippen LogP contribution in [0.3, 0.4) is 0 Å². The normalized spacial score (nSPS) is 11.8. The number of anilines is 2. The van der Waals surface area contributed by atoms with Crippen molar-refractivity contribution in [3.63, 3.8) is 0 Å². The number of benzene rings is 2. The Labute approximate surface area is 157 Å². The number of amides is 2. The highest BCUT2D eigenvalue weighted by Gasteiger charge is 2.14. The van der Waals surface area contributed by atoms with Crippen molar-refractivity contribution in [1.29, 1.82) is 0 Å². The molecule has 2 N–H and O–H groups in total. The van der Waals surface area contributed by atoms with Crippen molar-refractivity contribution in [1.82, 2.24) is 0 Å². The minimum atomic E-state index is -0.876. The van der Waals surface area contributed by atoms with Gasteiger partial charge in [-0.05, 0) is 50.6 Å². The van der Waals surface area contributed by atoms with Crippen LogP contribution in [0.2, 0.25) is 5.02 Å². The Bertz CT molecular complexity index is 837. The number of oxime groups is 1. The van der Waals surface area contributed by atoms with Gasteiger partial charge in [-0.3, -0.25) is 9.59 Å². The summed E-state index contributed by atoms with van der Waals surface area (Å²) in [6, 6.07) is 12.4. The summed E-state index contributed by atoms with van der Waals surface area (Å²) in [6.45, 7) is 5.40. The van der Waals surface area contributed by atoms with Crippen LogP contribution in [-0.4, -0.2) is 24.1 Å². The predicted molar refractivity (Wildman–Crippen MR) is 104 cm³/mol. The highest BCUT2D eigenvalue weighted by atomic mass is 35.5. The third-order valence-electron chi connectivity index (χ3n) is 3.49. The standard InChI is InChI=1S/C19H20ClN3O3/c1-12-7-8-17(13(2)9-12)23-18(24)11-21-26-14(3)19(25)22-16-6-4-5-15(20)10-16/h4-11,14H,1-3H3,(H,22,25)(H,23,24)/b21-11-/t14-/m0/s1. The Hall–Kier alpha value is -2.86. The Morgan fingerprint density at radius 1 is 1.15 bits per heavy atom. The second-order valence-electron chi connectivity index (χ2n) is 5.79. The summed E-state index contributed by atoms with van der Waals surface area (Å²) in [7, 11) is 0. The molecule has 0 aromatic heterocycles. The molecule has 0 saturated heterocycles. The molecule has 2 amide bonds. The highest BCUT2D eigenvalue weighted by Crippen LogP contribution is 2.16. The number of hydrogen-bond acceptors (Lipinski definition) is 4. The molecule has 0 aliphatic carbocycles. The summed E-state index contributed by atoms with van der Waals surface area (Å²) < 4.78 is 0. The van der Waals surface area contributed by atoms with Crippen molar-refractivity contribution in [3.05, 3.63) is 58.6 Å². The molecular weight excluding hydrogens is 354 g/mol. The van der Waals surface area contributed by atoms with E-state index in [9.17, 15) is 9.59 Å². The van der Waals surface area contributed by atoms with Crippen LogP contribution in [0.25, 0.3) is 0 Å². The number of carbonyl (C=O) groups is 2. The van der Waals surface area contributed by atoms with Crippen molar-refractivity contribution < 1.29 is 14.4 Å². The van der Waals surface area contributed by atoms with Crippen molar-refractivity contribution in [3.8, 4) is 0 Å². The van der Waals surface area contributed by atoms with Crippen LogP contribution in [0.4, 0.5) is 11.4 Å². The molecule has 0 fully saturated rings. The van der Waals surface area contributed by atoms with Gasteiger partial charge in [0.25, 0.3) is 11.8 Å². The molecule has 2 aromatic rings. The smallest absolute Gasteiger partial charge is 0.270 e. The molecule has 2 rings (SSSR count). The second-order valence-corrected chi connectivity index (χ2v) is 6.23. The predicted octanol–water partition coefficient (Wildman–Crippen LogP) is 3.92. The van der Waals surface area contributed by atoms with Gasteiger partial charge in [0.05, 0.1) is 0 Å². The van der Waals surface area contributed by atoms with Crippen LogP contribution in [0.5, 0.6) is 0 Å². The van der Waals surface area contributed by atoms with E-state index >= 15 is 0 Å². The lowest BCUT2D eigenvalue weighted by atomic mass is 10.1. The van der Waals surface area contributed by atoms with Crippen LogP contribution < -0.4 is 10.6 Å². The fraction of sp³-hybridized carbons (Fsp3) is 0.211. The Balaban J connectivity index is 1.84. The summed E-state index contributed by atoms with van der Waals surface area (Å²) in [5.41, 5.74) is 3.30. The zero-order valence-electron chi connectivity index (χ0n) is 14.7. The molecule has 26 heavy (non-hydrogen) atoms. The molecule has 0 spiro atoms. The van der Waals surface area contributed by atoms with E-state index in [1.54, 1.807) is 24.3 Å². The van der Waals surface area contributed by atoms with Crippen molar-refractivity contribution in [2.45, 2.75) is 26.9 Å². The maximum absolute atomic E-state index is 12.0. The zero-order chi connectivity index (χ0) is 19.1. The largest absolute Gasteiger partial charge is 0.383 e. The van der Waals surface area contributed by atoms with Gasteiger partial charge in [0.2, 0.25) is 6.10 Å². The van der Waals surface area contributed by atoms with Gasteiger partial charge in [0.1, 0.15) is 6.21 Å². The van der Waals surface area contributed by atoms with Crippen molar-refractivity contribution in [2.24, 2.45) is 5.16 Å². The van der Waals surface area contributed by atoms with Gasteiger partial charge < -0.3 is 15.5 Å². The molecule has 0 radical (unpaired) electrons. The minimum Gasteiger partial charge on any atom is -0.383 e. The summed E-state index contributed by atoms with van der Waals surface area (Å²) >= 11 is 5.86. The lowest BCUT2D eigenvalue weighted by Crippen LogP contribution is -2.26. The number of halogens is 1. The average molecular weight is 374 g/mol. The third kappa shape index (κ3) is 5.89. The van der Waals surface area contributed by atoms with Crippen molar-refractivity contribution in [2.75, 3.05) is 10.6 Å². The number of rotatable bonds is 6. The molecule has 0 bridgehead atoms. The Morgan fingerprint density at radius 3 is 2.62 bits per heavy atom. The van der Waals surface area contributed by atoms with E-state index in [0.29, 0.717) is 16.4 Å². The first kappa shape index (κ1) is 19.5. The molecule has 0 aliphatic heterocycles. The first-order valence-electron chi connectivity index (χ1n) is 7.99. The molecular formula is C19H20ClN3O3. The van der Waals surface area contributed by atoms with Gasteiger partial charge in [-0.25, -0.2) is 0 Å². The van der Waals surface area contributed by atoms with Crippen LogP contribution in [0.1, 0.15) is 18.1 Å². The quantitative estimate of drug-likeness (QED) is 0.594. The van der Waals surface area contributed by atoms with Gasteiger partial charge in [-0.2, -0.15) is 0 Å². The van der Waals surface area contributed by atoms with Gasteiger partial charge in [0.15, 0.2) is 0 Å². The summed E-state index contributed by atoms with van der Waals surface area (Å²) in [5.74, 6) is -0.849. The summed E-state index contributed by atoms with van der Waals surface area (Å²) in [6.07, 6.45) is 0.113. The Morgan fingerprint density at radius 2 is 1.92 bits per heavy atom. The lowest BCUT2D eigenvalue weighted by molar-refractivity contribution is -0.126. The first-order chi connectivity index (χ1) is 12.3. The van der Waals surface area contributed by atoms with Gasteiger partial charge in [-0.1, -0.05) is 40.5 Å². The zero-order valence-corrected chi connectivity index (χ0v) is 15.5. The average Bonchev–Trinajstić information content (AvgIpc) is 2.57. The molecule has 0 aliphatic rings. The van der Waals surface area contributed by atoms with E-state index in [4.69, 9.17) is 16.4 Å². The fourth-order valence-electron chi connectivity index (χ4n) is 2.15. The van der Waals surface area contributed by atoms with E-state index in [1.807, 2.05) is 32.0 Å². The topological polar surface area (TPSA) is 79.8 Å². The molecule has 136 valence electrons. The second kappa shape index (κ2) is 9.01. The van der Waals surface area contributed by atoms with Gasteiger partial charge in [0, 0.05) is 16.4 Å². The van der Waals surface area contributed by atoms with Crippen LogP contribution in [-0.2, 0) is 14.4 Å². The van der Waals surface area contributed by atoms with Crippen molar-refractivity contribution >= 4 is 41.0 Å². The van der Waals surface area contributed by atoms with Crippen LogP contribution in [0, 0.1) is 13.8 Å². The van der Waals surface area contributed by atoms with E-state index in [2.05, 4.69) is 15.8 Å². The maximum atomic E-state index is 12.0. The minimum absolute atomic E-state index is 0.404. The maximum Gasteiger partial charge on any atom is 0.270 e. The monoisotopic (exact) mass is 373 g/mol. The van der Waals surface area contributed by atoms with Crippen LogP contribution in [0.15, 0.2) is 47.6 Å². The number of nitrogens with one attached hydrogen (secondary N) is 2. The number of nitrogens with zero attached hydrogens (tertiary/aromatic N) is 1. The van der Waals surface area contributed by atoms with E-state index in [-0.39, 0.29) is 0 Å². The van der Waals surface area contributed by atoms with E-state index in [0.717, 1.165) is 17.3 Å². The molecule has 7 heteroatoms. The molecule has 1 atom stereocenters. The summed E-state index contributed by atoms with van der Waals surface area (Å²) in [4.78, 5) is 28.9. The van der Waals surface area contributed by atoms with Crippen LogP contribution >= 0.6 is 11.6 Å². The molecule has 6 nitrogen and oxygen atoms in total. The SMILES string of the molecule is Cc1ccc(NC(=O)/C=N\O[C@@H](C)C(=O)Nc2cccc(Cl)c2)c(C)c1. The van der Waals surface area contributed by atoms with Gasteiger partial charge >= 0.3 is 0 Å². The van der Waals surface area contributed by atoms with Gasteiger partial charge in [-0.15, -0.1) is 0 Å². The number of hydrogen-bond donors (Lipinski definition) is 2.